The second-order valence-corrected chi connectivity index (χ2v) is 5.34. The molecule has 1 aliphatic rings. The number of nitrogens with zero attached hydrogens (tertiary/aromatic N) is 1. The molecule has 0 spiro atoms. The van der Waals surface area contributed by atoms with Gasteiger partial charge in [0, 0.05) is 23.9 Å². The van der Waals surface area contributed by atoms with Gasteiger partial charge in [-0.25, -0.2) is 0 Å². The molecule has 2 unspecified atom stereocenters. The molecule has 0 radical (unpaired) electrons. The predicted molar refractivity (Wildman–Crippen MR) is 64.1 cm³/mol. The van der Waals surface area contributed by atoms with E-state index in [0.717, 1.165) is 19.6 Å². The first kappa shape index (κ1) is 11.6. The second-order valence-electron chi connectivity index (χ2n) is 4.31. The van der Waals surface area contributed by atoms with Gasteiger partial charge in [0.2, 0.25) is 0 Å². The Morgan fingerprint density at radius 3 is 3.19 bits per heavy atom. The Labute approximate surface area is 100 Å². The van der Waals surface area contributed by atoms with E-state index >= 15 is 0 Å². The average Bonchev–Trinajstić information content (AvgIpc) is 2.98. The largest absolute Gasteiger partial charge is 0.381 e. The molecule has 1 N–H and O–H groups in total. The van der Waals surface area contributed by atoms with Crippen molar-refractivity contribution in [1.82, 2.24) is 5.32 Å². The summed E-state index contributed by atoms with van der Waals surface area (Å²) in [4.78, 5) is 1.26. The van der Waals surface area contributed by atoms with Crippen LogP contribution in [0.5, 0.6) is 0 Å². The predicted octanol–water partition coefficient (Wildman–Crippen LogP) is 2.16. The molecular weight excluding hydrogens is 220 g/mol. The van der Waals surface area contributed by atoms with Crippen molar-refractivity contribution >= 4 is 11.3 Å². The van der Waals surface area contributed by atoms with Gasteiger partial charge >= 0.3 is 0 Å². The van der Waals surface area contributed by atoms with E-state index in [9.17, 15) is 5.26 Å². The molecule has 2 atom stereocenters. The first-order chi connectivity index (χ1) is 7.74. The quantitative estimate of drug-likeness (QED) is 0.871. The third kappa shape index (κ3) is 2.43. The van der Waals surface area contributed by atoms with Crippen molar-refractivity contribution in [3.8, 4) is 6.07 Å². The summed E-state index contributed by atoms with van der Waals surface area (Å²) in [6.07, 6.45) is 0.974. The standard InChI is InChI=1S/C12H16N2OS/c1-12(9-13,10-4-5-15-8-10)14-7-11-3-2-6-16-11/h2-3,6,10,14H,4-5,7-8H2,1H3. The minimum Gasteiger partial charge on any atom is -0.381 e. The van der Waals surface area contributed by atoms with Crippen LogP contribution in [0, 0.1) is 17.2 Å². The van der Waals surface area contributed by atoms with Crippen LogP contribution in [0.4, 0.5) is 0 Å². The van der Waals surface area contributed by atoms with Gasteiger partial charge in [-0.15, -0.1) is 11.3 Å². The Morgan fingerprint density at radius 2 is 2.62 bits per heavy atom. The van der Waals surface area contributed by atoms with Gasteiger partial charge in [0.15, 0.2) is 0 Å². The fourth-order valence-corrected chi connectivity index (χ4v) is 2.59. The van der Waals surface area contributed by atoms with Gasteiger partial charge in [0.1, 0.15) is 5.54 Å². The molecule has 3 nitrogen and oxygen atoms in total. The first-order valence-corrected chi connectivity index (χ1v) is 6.39. The lowest BCUT2D eigenvalue weighted by Gasteiger charge is -2.28. The van der Waals surface area contributed by atoms with Crippen molar-refractivity contribution in [2.45, 2.75) is 25.4 Å². The number of rotatable bonds is 4. The molecule has 86 valence electrons. The van der Waals surface area contributed by atoms with E-state index in [4.69, 9.17) is 4.74 Å². The lowest BCUT2D eigenvalue weighted by Crippen LogP contribution is -2.47. The average molecular weight is 236 g/mol. The molecule has 0 saturated carbocycles. The molecule has 1 saturated heterocycles. The van der Waals surface area contributed by atoms with E-state index in [-0.39, 0.29) is 0 Å². The topological polar surface area (TPSA) is 45.0 Å². The zero-order valence-corrected chi connectivity index (χ0v) is 10.2. The number of nitrogens with one attached hydrogen (secondary N) is 1. The molecule has 1 aromatic rings. The van der Waals surface area contributed by atoms with Gasteiger partial charge in [-0.1, -0.05) is 6.07 Å². The fourth-order valence-electron chi connectivity index (χ4n) is 1.95. The summed E-state index contributed by atoms with van der Waals surface area (Å²) < 4.78 is 5.35. The van der Waals surface area contributed by atoms with E-state index in [2.05, 4.69) is 22.8 Å². The SMILES string of the molecule is CC(C#N)(NCc1cccs1)C1CCOC1. The van der Waals surface area contributed by atoms with Crippen LogP contribution in [0.2, 0.25) is 0 Å². The van der Waals surface area contributed by atoms with Crippen LogP contribution in [0.25, 0.3) is 0 Å². The summed E-state index contributed by atoms with van der Waals surface area (Å²) in [5.41, 5.74) is -0.472. The molecule has 2 rings (SSSR count). The lowest BCUT2D eigenvalue weighted by molar-refractivity contribution is 0.168. The molecule has 2 heterocycles. The zero-order chi connectivity index (χ0) is 11.4. The van der Waals surface area contributed by atoms with Crippen LogP contribution in [0.3, 0.4) is 0 Å². The maximum atomic E-state index is 9.31. The van der Waals surface area contributed by atoms with Crippen molar-refractivity contribution in [3.63, 3.8) is 0 Å². The zero-order valence-electron chi connectivity index (χ0n) is 9.40. The van der Waals surface area contributed by atoms with Gasteiger partial charge in [0.25, 0.3) is 0 Å². The summed E-state index contributed by atoms with van der Waals surface area (Å²) in [7, 11) is 0. The number of ether oxygens (including phenoxy) is 1. The van der Waals surface area contributed by atoms with E-state index in [1.807, 2.05) is 13.0 Å². The Bertz CT molecular complexity index is 365. The van der Waals surface area contributed by atoms with Crippen LogP contribution in [-0.4, -0.2) is 18.8 Å². The molecule has 1 aromatic heterocycles. The van der Waals surface area contributed by atoms with Crippen molar-refractivity contribution in [1.29, 1.82) is 5.26 Å². The third-order valence-electron chi connectivity index (χ3n) is 3.19. The van der Waals surface area contributed by atoms with Crippen molar-refractivity contribution in [2.24, 2.45) is 5.92 Å². The first-order valence-electron chi connectivity index (χ1n) is 5.51. The maximum Gasteiger partial charge on any atom is 0.109 e. The molecule has 1 aliphatic heterocycles. The van der Waals surface area contributed by atoms with E-state index in [0.29, 0.717) is 12.5 Å². The number of hydrogen-bond acceptors (Lipinski definition) is 4. The van der Waals surface area contributed by atoms with E-state index < -0.39 is 5.54 Å². The van der Waals surface area contributed by atoms with Gasteiger partial charge in [-0.3, -0.25) is 5.32 Å². The monoisotopic (exact) mass is 236 g/mol. The molecular formula is C12H16N2OS. The molecule has 0 amide bonds. The molecule has 4 heteroatoms. The fraction of sp³-hybridized carbons (Fsp3) is 0.583. The maximum absolute atomic E-state index is 9.31. The van der Waals surface area contributed by atoms with E-state index in [1.165, 1.54) is 4.88 Å². The van der Waals surface area contributed by atoms with Gasteiger partial charge in [-0.05, 0) is 24.8 Å². The Hall–Kier alpha value is -0.890. The second kappa shape index (κ2) is 4.96. The van der Waals surface area contributed by atoms with Crippen molar-refractivity contribution in [3.05, 3.63) is 22.4 Å². The lowest BCUT2D eigenvalue weighted by atomic mass is 9.86. The Morgan fingerprint density at radius 1 is 1.75 bits per heavy atom. The van der Waals surface area contributed by atoms with Crippen LogP contribution in [-0.2, 0) is 11.3 Å². The van der Waals surface area contributed by atoms with Crippen LogP contribution in [0.1, 0.15) is 18.2 Å². The highest BCUT2D eigenvalue weighted by Crippen LogP contribution is 2.26. The summed E-state index contributed by atoms with van der Waals surface area (Å²) in [5, 5.41) is 14.7. The normalized spacial score (nSPS) is 23.9. The number of hydrogen-bond donors (Lipinski definition) is 1. The highest BCUT2D eigenvalue weighted by Gasteiger charge is 2.36. The molecule has 0 bridgehead atoms. The van der Waals surface area contributed by atoms with E-state index in [1.54, 1.807) is 11.3 Å². The van der Waals surface area contributed by atoms with Gasteiger partial charge in [-0.2, -0.15) is 5.26 Å². The minimum absolute atomic E-state index is 0.303. The van der Waals surface area contributed by atoms with Crippen molar-refractivity contribution < 1.29 is 4.74 Å². The third-order valence-corrected chi connectivity index (χ3v) is 4.06. The van der Waals surface area contributed by atoms with Gasteiger partial charge in [0.05, 0.1) is 12.7 Å². The molecule has 1 fully saturated rings. The van der Waals surface area contributed by atoms with Crippen LogP contribution >= 0.6 is 11.3 Å². The number of thiophene rings is 1. The summed E-state index contributed by atoms with van der Waals surface area (Å²) >= 11 is 1.71. The molecule has 0 aromatic carbocycles. The van der Waals surface area contributed by atoms with Crippen LogP contribution in [0.15, 0.2) is 17.5 Å². The minimum atomic E-state index is -0.472. The Kier molecular flexibility index (Phi) is 3.59. The smallest absolute Gasteiger partial charge is 0.109 e. The highest BCUT2D eigenvalue weighted by molar-refractivity contribution is 7.09. The molecule has 0 aliphatic carbocycles. The summed E-state index contributed by atoms with van der Waals surface area (Å²) in [6, 6.07) is 6.51. The Balaban J connectivity index is 1.96. The molecule has 16 heavy (non-hydrogen) atoms. The summed E-state index contributed by atoms with van der Waals surface area (Å²) in [6.45, 7) is 4.21. The van der Waals surface area contributed by atoms with Crippen molar-refractivity contribution in [2.75, 3.05) is 13.2 Å². The van der Waals surface area contributed by atoms with Crippen LogP contribution < -0.4 is 5.32 Å². The highest BCUT2D eigenvalue weighted by atomic mass is 32.1. The summed E-state index contributed by atoms with van der Waals surface area (Å²) in [5.74, 6) is 0.303. The number of nitriles is 1. The van der Waals surface area contributed by atoms with Gasteiger partial charge < -0.3 is 4.74 Å².